The SMILES string of the molecule is O=C(O)Cn1c2c(c3cc(F)ccc31)CNCC2. The summed E-state index contributed by atoms with van der Waals surface area (Å²) in [5, 5.41) is 13.0. The molecule has 0 saturated heterocycles. The van der Waals surface area contributed by atoms with Crippen LogP contribution in [-0.4, -0.2) is 22.2 Å². The number of aromatic nitrogens is 1. The quantitative estimate of drug-likeness (QED) is 0.847. The maximum Gasteiger partial charge on any atom is 0.323 e. The molecule has 18 heavy (non-hydrogen) atoms. The predicted molar refractivity (Wildman–Crippen MR) is 64.9 cm³/mol. The number of fused-ring (bicyclic) bond motifs is 3. The highest BCUT2D eigenvalue weighted by atomic mass is 19.1. The Bertz CT molecular complexity index is 633. The molecule has 0 fully saturated rings. The van der Waals surface area contributed by atoms with Gasteiger partial charge in [0.15, 0.2) is 0 Å². The fraction of sp³-hybridized carbons (Fsp3) is 0.308. The van der Waals surface area contributed by atoms with E-state index in [-0.39, 0.29) is 12.4 Å². The average Bonchev–Trinajstić information content (AvgIpc) is 2.64. The number of halogens is 1. The summed E-state index contributed by atoms with van der Waals surface area (Å²) < 4.78 is 15.1. The van der Waals surface area contributed by atoms with Gasteiger partial charge in [-0.25, -0.2) is 4.39 Å². The molecule has 5 heteroatoms. The van der Waals surface area contributed by atoms with E-state index in [1.807, 2.05) is 0 Å². The molecule has 1 aliphatic rings. The molecule has 0 aliphatic carbocycles. The number of carboxylic acid groups (broad SMARTS) is 1. The molecule has 94 valence electrons. The normalized spacial score (nSPS) is 14.7. The number of rotatable bonds is 2. The van der Waals surface area contributed by atoms with Gasteiger partial charge in [-0.05, 0) is 23.8 Å². The van der Waals surface area contributed by atoms with Gasteiger partial charge in [0.2, 0.25) is 0 Å². The summed E-state index contributed by atoms with van der Waals surface area (Å²) in [6, 6.07) is 4.52. The van der Waals surface area contributed by atoms with Crippen molar-refractivity contribution in [2.45, 2.75) is 19.5 Å². The number of aliphatic carboxylic acids is 1. The van der Waals surface area contributed by atoms with Crippen molar-refractivity contribution in [3.05, 3.63) is 35.3 Å². The molecular weight excluding hydrogens is 235 g/mol. The molecule has 1 aromatic carbocycles. The van der Waals surface area contributed by atoms with Gasteiger partial charge in [-0.1, -0.05) is 0 Å². The highest BCUT2D eigenvalue weighted by molar-refractivity contribution is 5.87. The lowest BCUT2D eigenvalue weighted by Gasteiger charge is -2.15. The first kappa shape index (κ1) is 11.2. The van der Waals surface area contributed by atoms with Crippen LogP contribution in [0.3, 0.4) is 0 Å². The first-order valence-electron chi connectivity index (χ1n) is 5.89. The van der Waals surface area contributed by atoms with Gasteiger partial charge in [-0.2, -0.15) is 0 Å². The minimum atomic E-state index is -0.877. The fourth-order valence-corrected chi connectivity index (χ4v) is 2.67. The van der Waals surface area contributed by atoms with E-state index in [4.69, 9.17) is 5.11 Å². The second-order valence-corrected chi connectivity index (χ2v) is 4.49. The fourth-order valence-electron chi connectivity index (χ4n) is 2.67. The average molecular weight is 248 g/mol. The summed E-state index contributed by atoms with van der Waals surface area (Å²) in [5.41, 5.74) is 2.83. The summed E-state index contributed by atoms with van der Waals surface area (Å²) in [5.74, 6) is -1.17. The molecule has 2 heterocycles. The highest BCUT2D eigenvalue weighted by Gasteiger charge is 2.21. The molecule has 4 nitrogen and oxygen atoms in total. The third-order valence-corrected chi connectivity index (χ3v) is 3.38. The van der Waals surface area contributed by atoms with Crippen molar-refractivity contribution in [2.75, 3.05) is 6.54 Å². The molecule has 0 radical (unpaired) electrons. The molecule has 0 amide bonds. The zero-order chi connectivity index (χ0) is 12.7. The summed E-state index contributed by atoms with van der Waals surface area (Å²) in [4.78, 5) is 11.0. The van der Waals surface area contributed by atoms with Crippen LogP contribution in [0.4, 0.5) is 4.39 Å². The van der Waals surface area contributed by atoms with Gasteiger partial charge in [0.25, 0.3) is 0 Å². The predicted octanol–water partition coefficient (Wildman–Crippen LogP) is 1.51. The van der Waals surface area contributed by atoms with Crippen LogP contribution in [-0.2, 0) is 24.3 Å². The Kier molecular flexibility index (Phi) is 2.56. The molecule has 0 atom stereocenters. The number of carbonyl (C=O) groups is 1. The maximum atomic E-state index is 13.3. The van der Waals surface area contributed by atoms with Gasteiger partial charge in [0, 0.05) is 36.1 Å². The Balaban J connectivity index is 2.28. The number of nitrogens with zero attached hydrogens (tertiary/aromatic N) is 1. The van der Waals surface area contributed by atoms with Crippen molar-refractivity contribution in [3.8, 4) is 0 Å². The first-order valence-corrected chi connectivity index (χ1v) is 5.89. The first-order chi connectivity index (χ1) is 8.66. The van der Waals surface area contributed by atoms with E-state index < -0.39 is 5.97 Å². The standard InChI is InChI=1S/C13H13FN2O2/c14-8-1-2-11-9(5-8)10-6-15-4-3-12(10)16(11)7-13(17)18/h1-2,5,15H,3-4,6-7H2,(H,17,18). The molecule has 2 N–H and O–H groups in total. The van der Waals surface area contributed by atoms with E-state index >= 15 is 0 Å². The molecule has 1 aliphatic heterocycles. The van der Waals surface area contributed by atoms with Crippen molar-refractivity contribution in [1.82, 2.24) is 9.88 Å². The zero-order valence-electron chi connectivity index (χ0n) is 9.74. The zero-order valence-corrected chi connectivity index (χ0v) is 9.74. The van der Waals surface area contributed by atoms with Crippen LogP contribution >= 0.6 is 0 Å². The minimum absolute atomic E-state index is 0.0720. The smallest absolute Gasteiger partial charge is 0.323 e. The summed E-state index contributed by atoms with van der Waals surface area (Å²) >= 11 is 0. The van der Waals surface area contributed by atoms with E-state index in [1.54, 1.807) is 10.6 Å². The summed E-state index contributed by atoms with van der Waals surface area (Å²) in [6.45, 7) is 1.42. The Morgan fingerprint density at radius 3 is 3.11 bits per heavy atom. The highest BCUT2D eigenvalue weighted by Crippen LogP contribution is 2.29. The minimum Gasteiger partial charge on any atom is -0.480 e. The number of benzene rings is 1. The van der Waals surface area contributed by atoms with Crippen LogP contribution in [0, 0.1) is 5.82 Å². The van der Waals surface area contributed by atoms with Crippen LogP contribution in [0.5, 0.6) is 0 Å². The molecule has 0 saturated carbocycles. The third kappa shape index (κ3) is 1.67. The second-order valence-electron chi connectivity index (χ2n) is 4.49. The molecule has 1 aromatic heterocycles. The van der Waals surface area contributed by atoms with E-state index in [0.717, 1.165) is 35.1 Å². The second kappa shape index (κ2) is 4.10. The van der Waals surface area contributed by atoms with Gasteiger partial charge < -0.3 is 15.0 Å². The van der Waals surface area contributed by atoms with E-state index in [0.29, 0.717) is 6.54 Å². The lowest BCUT2D eigenvalue weighted by molar-refractivity contribution is -0.137. The number of hydrogen-bond acceptors (Lipinski definition) is 2. The molecule has 0 bridgehead atoms. The number of hydrogen-bond donors (Lipinski definition) is 2. The molecular formula is C13H13FN2O2. The Morgan fingerprint density at radius 1 is 1.50 bits per heavy atom. The topological polar surface area (TPSA) is 54.3 Å². The number of nitrogens with one attached hydrogen (secondary N) is 1. The van der Waals surface area contributed by atoms with Gasteiger partial charge in [-0.3, -0.25) is 4.79 Å². The third-order valence-electron chi connectivity index (χ3n) is 3.38. The van der Waals surface area contributed by atoms with Crippen molar-refractivity contribution in [1.29, 1.82) is 0 Å². The van der Waals surface area contributed by atoms with Gasteiger partial charge in [0.1, 0.15) is 12.4 Å². The van der Waals surface area contributed by atoms with Crippen molar-refractivity contribution in [3.63, 3.8) is 0 Å². The van der Waals surface area contributed by atoms with Crippen LogP contribution in [0.25, 0.3) is 10.9 Å². The van der Waals surface area contributed by atoms with Crippen molar-refractivity contribution < 1.29 is 14.3 Å². The summed E-state index contributed by atoms with van der Waals surface area (Å²) in [7, 11) is 0. The van der Waals surface area contributed by atoms with Gasteiger partial charge in [-0.15, -0.1) is 0 Å². The Hall–Kier alpha value is -1.88. The lowest BCUT2D eigenvalue weighted by atomic mass is 10.1. The van der Waals surface area contributed by atoms with E-state index in [9.17, 15) is 9.18 Å². The Labute approximate surface area is 103 Å². The molecule has 0 unspecified atom stereocenters. The summed E-state index contributed by atoms with van der Waals surface area (Å²) in [6.07, 6.45) is 0.777. The molecule has 2 aromatic rings. The maximum absolute atomic E-state index is 13.3. The van der Waals surface area contributed by atoms with Crippen LogP contribution in [0.15, 0.2) is 18.2 Å². The van der Waals surface area contributed by atoms with Crippen molar-refractivity contribution >= 4 is 16.9 Å². The van der Waals surface area contributed by atoms with E-state index in [1.165, 1.54) is 12.1 Å². The van der Waals surface area contributed by atoms with Crippen LogP contribution in [0.2, 0.25) is 0 Å². The Morgan fingerprint density at radius 2 is 2.33 bits per heavy atom. The molecule has 0 spiro atoms. The lowest BCUT2D eigenvalue weighted by Crippen LogP contribution is -2.25. The van der Waals surface area contributed by atoms with Gasteiger partial charge >= 0.3 is 5.97 Å². The monoisotopic (exact) mass is 248 g/mol. The van der Waals surface area contributed by atoms with Crippen LogP contribution in [0.1, 0.15) is 11.3 Å². The van der Waals surface area contributed by atoms with Crippen LogP contribution < -0.4 is 5.32 Å². The van der Waals surface area contributed by atoms with Crippen molar-refractivity contribution in [2.24, 2.45) is 0 Å². The largest absolute Gasteiger partial charge is 0.480 e. The van der Waals surface area contributed by atoms with E-state index in [2.05, 4.69) is 5.32 Å². The van der Waals surface area contributed by atoms with Gasteiger partial charge in [0.05, 0.1) is 0 Å². The number of carboxylic acids is 1. The molecule has 3 rings (SSSR count).